The van der Waals surface area contributed by atoms with Crippen molar-refractivity contribution in [3.05, 3.63) is 35.4 Å². The standard InChI is InChI=1S/C17H24N2O/c1-14-11-19(13-17(2,3)20-14)12-16-7-4-6-15(10-16)8-5-9-18/h4,6-7,10,14H,9,11-13,18H2,1-3H3. The Morgan fingerprint density at radius 1 is 1.45 bits per heavy atom. The fourth-order valence-electron chi connectivity index (χ4n) is 2.87. The number of hydrogen-bond acceptors (Lipinski definition) is 3. The Hall–Kier alpha value is -1.34. The SMILES string of the molecule is CC1CN(Cc2cccc(C#CCN)c2)CC(C)(C)O1. The van der Waals surface area contributed by atoms with Gasteiger partial charge in [0.2, 0.25) is 0 Å². The van der Waals surface area contributed by atoms with Crippen LogP contribution in [0.25, 0.3) is 0 Å². The molecule has 1 fully saturated rings. The van der Waals surface area contributed by atoms with Crippen molar-refractivity contribution in [3.63, 3.8) is 0 Å². The van der Waals surface area contributed by atoms with Gasteiger partial charge < -0.3 is 10.5 Å². The van der Waals surface area contributed by atoms with Crippen LogP contribution >= 0.6 is 0 Å². The Kier molecular flexibility index (Phi) is 4.82. The molecule has 1 atom stereocenters. The maximum atomic E-state index is 5.94. The molecule has 2 rings (SSSR count). The predicted molar refractivity (Wildman–Crippen MR) is 82.3 cm³/mol. The van der Waals surface area contributed by atoms with Crippen LogP contribution in [0.5, 0.6) is 0 Å². The van der Waals surface area contributed by atoms with Crippen LogP contribution in [0.15, 0.2) is 24.3 Å². The van der Waals surface area contributed by atoms with Gasteiger partial charge in [-0.2, -0.15) is 0 Å². The van der Waals surface area contributed by atoms with Gasteiger partial charge in [0.15, 0.2) is 0 Å². The lowest BCUT2D eigenvalue weighted by Gasteiger charge is -2.41. The number of benzene rings is 1. The molecule has 1 saturated heterocycles. The second-order valence-corrected chi connectivity index (χ2v) is 6.06. The van der Waals surface area contributed by atoms with Crippen molar-refractivity contribution < 1.29 is 4.74 Å². The molecular weight excluding hydrogens is 248 g/mol. The van der Waals surface area contributed by atoms with Crippen LogP contribution in [0.1, 0.15) is 31.9 Å². The van der Waals surface area contributed by atoms with E-state index >= 15 is 0 Å². The van der Waals surface area contributed by atoms with Crippen molar-refractivity contribution in [1.29, 1.82) is 0 Å². The third kappa shape index (κ3) is 4.35. The lowest BCUT2D eigenvalue weighted by atomic mass is 10.0. The Morgan fingerprint density at radius 2 is 2.25 bits per heavy atom. The summed E-state index contributed by atoms with van der Waals surface area (Å²) in [6.45, 7) is 9.71. The minimum absolute atomic E-state index is 0.0748. The van der Waals surface area contributed by atoms with E-state index in [0.717, 1.165) is 25.2 Å². The highest BCUT2D eigenvalue weighted by atomic mass is 16.5. The second kappa shape index (κ2) is 6.41. The maximum Gasteiger partial charge on any atom is 0.0757 e. The molecule has 0 saturated carbocycles. The molecule has 0 amide bonds. The first-order valence-corrected chi connectivity index (χ1v) is 7.16. The van der Waals surface area contributed by atoms with Crippen molar-refractivity contribution in [2.75, 3.05) is 19.6 Å². The van der Waals surface area contributed by atoms with Crippen LogP contribution in [-0.2, 0) is 11.3 Å². The van der Waals surface area contributed by atoms with E-state index < -0.39 is 0 Å². The summed E-state index contributed by atoms with van der Waals surface area (Å²) in [5.41, 5.74) is 7.66. The number of hydrogen-bond donors (Lipinski definition) is 1. The molecule has 1 aliphatic rings. The summed E-state index contributed by atoms with van der Waals surface area (Å²) in [5, 5.41) is 0. The van der Waals surface area contributed by atoms with Crippen molar-refractivity contribution in [3.8, 4) is 11.8 Å². The van der Waals surface area contributed by atoms with Crippen LogP contribution in [0, 0.1) is 11.8 Å². The molecule has 1 aromatic rings. The quantitative estimate of drug-likeness (QED) is 0.837. The van der Waals surface area contributed by atoms with Crippen molar-refractivity contribution in [1.82, 2.24) is 4.90 Å². The molecule has 0 spiro atoms. The summed E-state index contributed by atoms with van der Waals surface area (Å²) in [5.74, 6) is 5.99. The third-order valence-corrected chi connectivity index (χ3v) is 3.31. The lowest BCUT2D eigenvalue weighted by molar-refractivity contribution is -0.130. The maximum absolute atomic E-state index is 5.94. The topological polar surface area (TPSA) is 38.5 Å². The Morgan fingerprint density at radius 3 is 2.95 bits per heavy atom. The molecule has 0 aromatic heterocycles. The summed E-state index contributed by atoms with van der Waals surface area (Å²) in [6.07, 6.45) is 0.277. The molecule has 3 nitrogen and oxygen atoms in total. The summed E-state index contributed by atoms with van der Waals surface area (Å²) in [4.78, 5) is 2.45. The molecule has 1 aromatic carbocycles. The Labute approximate surface area is 122 Å². The highest BCUT2D eigenvalue weighted by Crippen LogP contribution is 2.22. The minimum atomic E-state index is -0.0748. The van der Waals surface area contributed by atoms with E-state index in [2.05, 4.69) is 55.7 Å². The Balaban J connectivity index is 2.06. The number of morpholine rings is 1. The lowest BCUT2D eigenvalue weighted by Crippen LogP contribution is -2.51. The smallest absolute Gasteiger partial charge is 0.0757 e. The molecular formula is C17H24N2O. The zero-order chi connectivity index (χ0) is 14.6. The Bertz CT molecular complexity index is 513. The largest absolute Gasteiger partial charge is 0.370 e. The summed E-state index contributed by atoms with van der Waals surface area (Å²) in [6, 6.07) is 8.39. The average molecular weight is 272 g/mol. The molecule has 3 heteroatoms. The van der Waals surface area contributed by atoms with Crippen LogP contribution in [0.4, 0.5) is 0 Å². The third-order valence-electron chi connectivity index (χ3n) is 3.31. The van der Waals surface area contributed by atoms with E-state index in [1.165, 1.54) is 5.56 Å². The highest BCUT2D eigenvalue weighted by Gasteiger charge is 2.30. The van der Waals surface area contributed by atoms with Crippen LogP contribution in [0.2, 0.25) is 0 Å². The predicted octanol–water partition coefficient (Wildman–Crippen LogP) is 2.00. The van der Waals surface area contributed by atoms with E-state index in [-0.39, 0.29) is 11.7 Å². The van der Waals surface area contributed by atoms with Gasteiger partial charge in [-0.05, 0) is 38.5 Å². The summed E-state index contributed by atoms with van der Waals surface area (Å²) >= 11 is 0. The molecule has 0 bridgehead atoms. The van der Waals surface area contributed by atoms with Crippen molar-refractivity contribution >= 4 is 0 Å². The molecule has 108 valence electrons. The van der Waals surface area contributed by atoms with Gasteiger partial charge in [0.05, 0.1) is 18.2 Å². The normalized spacial score (nSPS) is 22.1. The van der Waals surface area contributed by atoms with Crippen molar-refractivity contribution in [2.24, 2.45) is 5.73 Å². The molecule has 0 aliphatic carbocycles. The fourth-order valence-corrected chi connectivity index (χ4v) is 2.87. The highest BCUT2D eigenvalue weighted by molar-refractivity contribution is 5.37. The molecule has 2 N–H and O–H groups in total. The zero-order valence-electron chi connectivity index (χ0n) is 12.6. The number of nitrogens with two attached hydrogens (primary N) is 1. The first kappa shape index (κ1) is 15.1. The van der Waals surface area contributed by atoms with Gasteiger partial charge in [-0.15, -0.1) is 0 Å². The zero-order valence-corrected chi connectivity index (χ0v) is 12.6. The first-order valence-electron chi connectivity index (χ1n) is 7.16. The summed E-state index contributed by atoms with van der Waals surface area (Å²) < 4.78 is 5.94. The monoisotopic (exact) mass is 272 g/mol. The van der Waals surface area contributed by atoms with Crippen molar-refractivity contribution in [2.45, 2.75) is 39.0 Å². The average Bonchev–Trinajstić information content (AvgIpc) is 2.34. The van der Waals surface area contributed by atoms with Crippen LogP contribution in [0.3, 0.4) is 0 Å². The van der Waals surface area contributed by atoms with Gasteiger partial charge in [-0.25, -0.2) is 0 Å². The molecule has 1 heterocycles. The minimum Gasteiger partial charge on any atom is -0.370 e. The van der Waals surface area contributed by atoms with Gasteiger partial charge in [0.25, 0.3) is 0 Å². The molecule has 1 unspecified atom stereocenters. The number of rotatable bonds is 2. The van der Waals surface area contributed by atoms with Crippen LogP contribution in [-0.4, -0.2) is 36.2 Å². The second-order valence-electron chi connectivity index (χ2n) is 6.06. The molecule has 1 aliphatic heterocycles. The van der Waals surface area contributed by atoms with Gasteiger partial charge in [-0.3, -0.25) is 4.90 Å². The van der Waals surface area contributed by atoms with E-state index in [4.69, 9.17) is 10.5 Å². The van der Waals surface area contributed by atoms with Gasteiger partial charge in [-0.1, -0.05) is 24.0 Å². The van der Waals surface area contributed by atoms with Crippen LogP contribution < -0.4 is 5.73 Å². The number of ether oxygens (including phenoxy) is 1. The van der Waals surface area contributed by atoms with Gasteiger partial charge >= 0.3 is 0 Å². The first-order chi connectivity index (χ1) is 9.48. The summed E-state index contributed by atoms with van der Waals surface area (Å²) in [7, 11) is 0. The van der Waals surface area contributed by atoms with E-state index in [0.29, 0.717) is 6.54 Å². The van der Waals surface area contributed by atoms with Gasteiger partial charge in [0.1, 0.15) is 0 Å². The van der Waals surface area contributed by atoms with Gasteiger partial charge in [0, 0.05) is 25.2 Å². The number of nitrogens with zero attached hydrogens (tertiary/aromatic N) is 1. The molecule has 0 radical (unpaired) electrons. The van der Waals surface area contributed by atoms with E-state index in [9.17, 15) is 0 Å². The fraction of sp³-hybridized carbons (Fsp3) is 0.529. The molecule has 20 heavy (non-hydrogen) atoms. The van der Waals surface area contributed by atoms with E-state index in [1.54, 1.807) is 0 Å². The van der Waals surface area contributed by atoms with E-state index in [1.807, 2.05) is 6.07 Å².